The minimum absolute atomic E-state index is 0.131. The molecule has 9 heteroatoms. The zero-order valence-electron chi connectivity index (χ0n) is 45.2. The summed E-state index contributed by atoms with van der Waals surface area (Å²) < 4.78 is 11.3. The average molecular weight is 969 g/mol. The third kappa shape index (κ3) is 38.8. The molecule has 0 saturated carbocycles. The fourth-order valence-corrected chi connectivity index (χ4v) is 10.2. The number of hydrogen-bond acceptors (Lipinski definition) is 8. The summed E-state index contributed by atoms with van der Waals surface area (Å²) >= 11 is 0. The molecule has 9 nitrogen and oxygen atoms in total. The third-order valence-corrected chi connectivity index (χ3v) is 15.0. The highest BCUT2D eigenvalue weighted by Gasteiger charge is 2.44. The first-order chi connectivity index (χ1) is 33.3. The van der Waals surface area contributed by atoms with Crippen LogP contribution in [-0.4, -0.2) is 87.5 Å². The summed E-state index contributed by atoms with van der Waals surface area (Å²) in [6.07, 6.45) is 52.9. The molecule has 1 heterocycles. The van der Waals surface area contributed by atoms with Crippen molar-refractivity contribution in [1.82, 2.24) is 5.32 Å². The van der Waals surface area contributed by atoms with E-state index in [0.717, 1.165) is 38.5 Å². The van der Waals surface area contributed by atoms with Crippen LogP contribution in [0.1, 0.15) is 316 Å². The smallest absolute Gasteiger partial charge is 0.220 e. The van der Waals surface area contributed by atoms with Crippen LogP contribution in [0.3, 0.4) is 0 Å². The molecule has 1 aliphatic rings. The molecule has 0 aromatic rings. The quantitative estimate of drug-likeness (QED) is 0.0330. The summed E-state index contributed by atoms with van der Waals surface area (Å²) in [6, 6.07) is -0.713. The Bertz CT molecular complexity index is 1030. The maximum absolute atomic E-state index is 13.1. The standard InChI is InChI=1S/C59H117NO8/c1-3-5-7-9-11-13-15-17-19-21-22-23-24-25-26-27-28-29-30-31-32-33-35-37-39-41-43-45-47-49-55(63)60-52(51-67-59-58(66)57(65)56(64)54(50-61)68-59)53(62)48-46-44-42-40-38-36-34-20-18-16-14-12-10-8-6-4-2/h52-54,56-59,61-62,64-66H,3-51H2,1-2H3,(H,60,63)/t52-,53+,54+,56+,57?,58?,59+/m0/s1. The van der Waals surface area contributed by atoms with Crippen molar-refractivity contribution in [3.05, 3.63) is 0 Å². The van der Waals surface area contributed by atoms with E-state index in [9.17, 15) is 30.3 Å². The molecular formula is C59H117NO8. The molecule has 0 bridgehead atoms. The van der Waals surface area contributed by atoms with Crippen LogP contribution in [0.15, 0.2) is 0 Å². The number of carbonyl (C=O) groups is 1. The maximum Gasteiger partial charge on any atom is 0.220 e. The van der Waals surface area contributed by atoms with Gasteiger partial charge in [0.05, 0.1) is 25.4 Å². The van der Waals surface area contributed by atoms with E-state index >= 15 is 0 Å². The van der Waals surface area contributed by atoms with Gasteiger partial charge in [-0.05, 0) is 12.8 Å². The predicted molar refractivity (Wildman–Crippen MR) is 286 cm³/mol. The van der Waals surface area contributed by atoms with Crippen molar-refractivity contribution < 1.29 is 39.8 Å². The van der Waals surface area contributed by atoms with Gasteiger partial charge in [-0.25, -0.2) is 0 Å². The number of ether oxygens (including phenoxy) is 2. The van der Waals surface area contributed by atoms with Gasteiger partial charge in [-0.1, -0.05) is 296 Å². The Morgan fingerprint density at radius 1 is 0.441 bits per heavy atom. The van der Waals surface area contributed by atoms with E-state index in [1.165, 1.54) is 250 Å². The van der Waals surface area contributed by atoms with Gasteiger partial charge in [0.15, 0.2) is 6.29 Å². The Kier molecular flexibility index (Phi) is 47.7. The van der Waals surface area contributed by atoms with Crippen LogP contribution >= 0.6 is 0 Å². The molecule has 1 amide bonds. The Balaban J connectivity index is 2.12. The van der Waals surface area contributed by atoms with Gasteiger partial charge in [-0.15, -0.1) is 0 Å². The highest BCUT2D eigenvalue weighted by atomic mass is 16.7. The molecular weight excluding hydrogens is 851 g/mol. The zero-order valence-corrected chi connectivity index (χ0v) is 45.2. The van der Waals surface area contributed by atoms with Crippen LogP contribution in [0, 0.1) is 0 Å². The second-order valence-electron chi connectivity index (χ2n) is 21.5. The lowest BCUT2D eigenvalue weighted by atomic mass is 9.99. The summed E-state index contributed by atoms with van der Waals surface area (Å²) in [5, 5.41) is 54.7. The van der Waals surface area contributed by atoms with Gasteiger partial charge in [0.1, 0.15) is 24.4 Å². The number of nitrogens with one attached hydrogen (secondary N) is 1. The normalized spacial score (nSPS) is 19.4. The number of aliphatic hydroxyl groups excluding tert-OH is 5. The van der Waals surface area contributed by atoms with Crippen LogP contribution in [0.25, 0.3) is 0 Å². The number of unbranched alkanes of at least 4 members (excludes halogenated alkanes) is 43. The number of rotatable bonds is 53. The molecule has 68 heavy (non-hydrogen) atoms. The highest BCUT2D eigenvalue weighted by molar-refractivity contribution is 5.76. The van der Waals surface area contributed by atoms with Gasteiger partial charge in [0.2, 0.25) is 5.91 Å². The van der Waals surface area contributed by atoms with E-state index in [1.54, 1.807) is 0 Å². The Morgan fingerprint density at radius 2 is 0.735 bits per heavy atom. The molecule has 1 saturated heterocycles. The van der Waals surface area contributed by atoms with E-state index in [4.69, 9.17) is 9.47 Å². The average Bonchev–Trinajstić information content (AvgIpc) is 3.34. The van der Waals surface area contributed by atoms with Crippen molar-refractivity contribution in [2.75, 3.05) is 13.2 Å². The highest BCUT2D eigenvalue weighted by Crippen LogP contribution is 2.24. The van der Waals surface area contributed by atoms with Crippen LogP contribution in [0.2, 0.25) is 0 Å². The molecule has 1 fully saturated rings. The van der Waals surface area contributed by atoms with E-state index < -0.39 is 49.5 Å². The SMILES string of the molecule is CCCCCCCCCCCCCCCCCCCCCCCCCCCCCCCC(=O)N[C@@H](CO[C@@H]1O[C@H](CO)[C@@H](O)C(O)C1O)[C@H](O)CCCCCCCCCCCCCCCCCC. The predicted octanol–water partition coefficient (Wildman–Crippen LogP) is 15.0. The lowest BCUT2D eigenvalue weighted by molar-refractivity contribution is -0.302. The van der Waals surface area contributed by atoms with Gasteiger partial charge >= 0.3 is 0 Å². The summed E-state index contributed by atoms with van der Waals surface area (Å²) in [5.41, 5.74) is 0. The molecule has 2 unspecified atom stereocenters. The molecule has 406 valence electrons. The summed E-state index contributed by atoms with van der Waals surface area (Å²) in [7, 11) is 0. The fourth-order valence-electron chi connectivity index (χ4n) is 10.2. The van der Waals surface area contributed by atoms with Crippen molar-refractivity contribution >= 4 is 5.91 Å². The number of hydrogen-bond donors (Lipinski definition) is 6. The van der Waals surface area contributed by atoms with Crippen LogP contribution < -0.4 is 5.32 Å². The lowest BCUT2D eigenvalue weighted by Gasteiger charge is -2.40. The summed E-state index contributed by atoms with van der Waals surface area (Å²) in [4.78, 5) is 13.1. The Hall–Kier alpha value is -0.810. The molecule has 0 aliphatic carbocycles. The minimum Gasteiger partial charge on any atom is -0.394 e. The zero-order chi connectivity index (χ0) is 49.4. The van der Waals surface area contributed by atoms with E-state index in [-0.39, 0.29) is 12.5 Å². The first kappa shape index (κ1) is 65.2. The first-order valence-electron chi connectivity index (χ1n) is 30.2. The Labute approximate surface area is 421 Å². The van der Waals surface area contributed by atoms with Crippen LogP contribution in [0.4, 0.5) is 0 Å². The molecule has 7 atom stereocenters. The number of amides is 1. The van der Waals surface area contributed by atoms with Crippen molar-refractivity contribution in [2.45, 2.75) is 358 Å². The van der Waals surface area contributed by atoms with Crippen LogP contribution in [-0.2, 0) is 14.3 Å². The molecule has 0 aromatic heterocycles. The molecule has 6 N–H and O–H groups in total. The molecule has 0 spiro atoms. The Morgan fingerprint density at radius 3 is 1.04 bits per heavy atom. The summed E-state index contributed by atoms with van der Waals surface area (Å²) in [5.74, 6) is -0.136. The topological polar surface area (TPSA) is 149 Å². The fraction of sp³-hybridized carbons (Fsp3) is 0.983. The first-order valence-corrected chi connectivity index (χ1v) is 30.2. The molecule has 1 rings (SSSR count). The minimum atomic E-state index is -1.55. The monoisotopic (exact) mass is 968 g/mol. The molecule has 0 aromatic carbocycles. The van der Waals surface area contributed by atoms with Crippen molar-refractivity contribution in [2.24, 2.45) is 0 Å². The van der Waals surface area contributed by atoms with Crippen molar-refractivity contribution in [3.8, 4) is 0 Å². The van der Waals surface area contributed by atoms with Crippen LogP contribution in [0.5, 0.6) is 0 Å². The third-order valence-electron chi connectivity index (χ3n) is 15.0. The van der Waals surface area contributed by atoms with E-state index in [1.807, 2.05) is 0 Å². The largest absolute Gasteiger partial charge is 0.394 e. The van der Waals surface area contributed by atoms with Crippen molar-refractivity contribution in [3.63, 3.8) is 0 Å². The van der Waals surface area contributed by atoms with E-state index in [0.29, 0.717) is 12.8 Å². The van der Waals surface area contributed by atoms with E-state index in [2.05, 4.69) is 19.2 Å². The van der Waals surface area contributed by atoms with Gasteiger partial charge < -0.3 is 40.3 Å². The second kappa shape index (κ2) is 49.8. The lowest BCUT2D eigenvalue weighted by Crippen LogP contribution is -2.60. The number of carbonyl (C=O) groups excluding carboxylic acids is 1. The van der Waals surface area contributed by atoms with Crippen molar-refractivity contribution in [1.29, 1.82) is 0 Å². The van der Waals surface area contributed by atoms with Gasteiger partial charge in [0.25, 0.3) is 0 Å². The summed E-state index contributed by atoms with van der Waals surface area (Å²) in [6.45, 7) is 3.89. The van der Waals surface area contributed by atoms with Gasteiger partial charge in [-0.2, -0.15) is 0 Å². The maximum atomic E-state index is 13.1. The van der Waals surface area contributed by atoms with Gasteiger partial charge in [-0.3, -0.25) is 4.79 Å². The number of aliphatic hydroxyl groups is 5. The second-order valence-corrected chi connectivity index (χ2v) is 21.5. The molecule has 0 radical (unpaired) electrons. The van der Waals surface area contributed by atoms with Gasteiger partial charge in [0, 0.05) is 6.42 Å². The molecule has 1 aliphatic heterocycles.